The number of aryl methyl sites for hydroxylation is 2. The van der Waals surface area contributed by atoms with Gasteiger partial charge >= 0.3 is 0 Å². The molecule has 1 unspecified atom stereocenters. The summed E-state index contributed by atoms with van der Waals surface area (Å²) in [6.07, 6.45) is 0. The lowest BCUT2D eigenvalue weighted by Crippen LogP contribution is -2.23. The van der Waals surface area contributed by atoms with Gasteiger partial charge in [0.1, 0.15) is 5.82 Å². The Hall–Kier alpha value is -0.710. The van der Waals surface area contributed by atoms with E-state index in [1.165, 1.54) is 10.4 Å². The molecule has 19 heavy (non-hydrogen) atoms. The molecule has 102 valence electrons. The third-order valence-electron chi connectivity index (χ3n) is 3.13. The van der Waals surface area contributed by atoms with Crippen molar-refractivity contribution in [2.24, 2.45) is 0 Å². The molecule has 0 bridgehead atoms. The standard InChI is InChI=1S/C15H17BrFNS/c1-4-18-15(12-5-6-13(16)19-12)14-9(2)7-11(17)8-10(14)3/h5-8,15,18H,4H2,1-3H3. The molecule has 1 aromatic carbocycles. The highest BCUT2D eigenvalue weighted by Gasteiger charge is 2.19. The zero-order chi connectivity index (χ0) is 14.0. The number of benzene rings is 1. The Bertz CT molecular complexity index is 556. The van der Waals surface area contributed by atoms with Crippen molar-refractivity contribution >= 4 is 27.3 Å². The van der Waals surface area contributed by atoms with Crippen molar-refractivity contribution in [3.63, 3.8) is 0 Å². The SMILES string of the molecule is CCNC(c1ccc(Br)s1)c1c(C)cc(F)cc1C. The van der Waals surface area contributed by atoms with E-state index in [9.17, 15) is 4.39 Å². The second-order valence-electron chi connectivity index (χ2n) is 4.59. The van der Waals surface area contributed by atoms with Gasteiger partial charge in [0.25, 0.3) is 0 Å². The van der Waals surface area contributed by atoms with Crippen LogP contribution in [0.2, 0.25) is 0 Å². The fraction of sp³-hybridized carbons (Fsp3) is 0.333. The van der Waals surface area contributed by atoms with Crippen molar-refractivity contribution in [3.8, 4) is 0 Å². The number of hydrogen-bond donors (Lipinski definition) is 1. The molecule has 1 aromatic heterocycles. The van der Waals surface area contributed by atoms with Crippen molar-refractivity contribution in [1.29, 1.82) is 0 Å². The van der Waals surface area contributed by atoms with Crippen molar-refractivity contribution in [3.05, 3.63) is 55.4 Å². The molecule has 0 spiro atoms. The molecule has 0 saturated carbocycles. The monoisotopic (exact) mass is 341 g/mol. The van der Waals surface area contributed by atoms with Gasteiger partial charge in [-0.25, -0.2) is 4.39 Å². The molecular weight excluding hydrogens is 325 g/mol. The molecule has 0 amide bonds. The van der Waals surface area contributed by atoms with Gasteiger partial charge in [-0.2, -0.15) is 0 Å². The molecule has 1 nitrogen and oxygen atoms in total. The average Bonchev–Trinajstić information content (AvgIpc) is 2.73. The first-order valence-corrected chi connectivity index (χ1v) is 7.89. The Morgan fingerprint density at radius 2 is 1.89 bits per heavy atom. The molecule has 0 aliphatic heterocycles. The molecular formula is C15H17BrFNS. The van der Waals surface area contributed by atoms with Crippen molar-refractivity contribution < 1.29 is 4.39 Å². The third-order valence-corrected chi connectivity index (χ3v) is 4.82. The second kappa shape index (κ2) is 6.16. The molecule has 2 rings (SSSR count). The maximum absolute atomic E-state index is 13.4. The molecule has 1 heterocycles. The summed E-state index contributed by atoms with van der Waals surface area (Å²) in [7, 11) is 0. The molecule has 0 aliphatic carbocycles. The molecule has 1 N–H and O–H groups in total. The highest BCUT2D eigenvalue weighted by atomic mass is 79.9. The number of thiophene rings is 1. The van der Waals surface area contributed by atoms with Crippen molar-refractivity contribution in [2.45, 2.75) is 26.8 Å². The molecule has 2 aromatic rings. The minimum atomic E-state index is -0.165. The Labute approximate surface area is 126 Å². The highest BCUT2D eigenvalue weighted by molar-refractivity contribution is 9.11. The summed E-state index contributed by atoms with van der Waals surface area (Å²) in [6.45, 7) is 6.90. The summed E-state index contributed by atoms with van der Waals surface area (Å²) in [6, 6.07) is 7.51. The minimum absolute atomic E-state index is 0.127. The number of hydrogen-bond acceptors (Lipinski definition) is 2. The van der Waals surface area contributed by atoms with Crippen LogP contribution in [0, 0.1) is 19.7 Å². The van der Waals surface area contributed by atoms with E-state index < -0.39 is 0 Å². The van der Waals surface area contributed by atoms with Gasteiger partial charge in [0, 0.05) is 4.88 Å². The lowest BCUT2D eigenvalue weighted by atomic mass is 9.95. The van der Waals surface area contributed by atoms with Gasteiger partial charge in [-0.15, -0.1) is 11.3 Å². The fourth-order valence-electron chi connectivity index (χ4n) is 2.41. The van der Waals surface area contributed by atoms with Crippen LogP contribution in [0.5, 0.6) is 0 Å². The molecule has 0 aliphatic rings. The first-order chi connectivity index (χ1) is 9.02. The van der Waals surface area contributed by atoms with Gasteiger partial charge in [0.05, 0.1) is 9.83 Å². The topological polar surface area (TPSA) is 12.0 Å². The van der Waals surface area contributed by atoms with E-state index in [-0.39, 0.29) is 11.9 Å². The van der Waals surface area contributed by atoms with Gasteiger partial charge in [-0.3, -0.25) is 0 Å². The van der Waals surface area contributed by atoms with E-state index in [1.807, 2.05) is 13.8 Å². The van der Waals surface area contributed by atoms with Crippen LogP contribution in [0.3, 0.4) is 0 Å². The quantitative estimate of drug-likeness (QED) is 0.828. The average molecular weight is 342 g/mol. The summed E-state index contributed by atoms with van der Waals surface area (Å²) < 4.78 is 14.6. The molecule has 1 atom stereocenters. The Balaban J connectivity index is 2.51. The summed E-state index contributed by atoms with van der Waals surface area (Å²) in [4.78, 5) is 1.24. The largest absolute Gasteiger partial charge is 0.306 e. The molecule has 4 heteroatoms. The summed E-state index contributed by atoms with van der Waals surface area (Å²) >= 11 is 5.22. The van der Waals surface area contributed by atoms with E-state index in [0.29, 0.717) is 0 Å². The van der Waals surface area contributed by atoms with Gasteiger partial charge in [-0.05, 0) is 77.3 Å². The Kier molecular flexibility index (Phi) is 4.76. The van der Waals surface area contributed by atoms with Crippen molar-refractivity contribution in [1.82, 2.24) is 5.32 Å². The van der Waals surface area contributed by atoms with E-state index in [2.05, 4.69) is 40.3 Å². The number of nitrogens with one attached hydrogen (secondary N) is 1. The van der Waals surface area contributed by atoms with Crippen LogP contribution in [0.25, 0.3) is 0 Å². The van der Waals surface area contributed by atoms with Crippen LogP contribution >= 0.6 is 27.3 Å². The summed E-state index contributed by atoms with van der Waals surface area (Å²) in [5.41, 5.74) is 3.17. The van der Waals surface area contributed by atoms with Crippen LogP contribution in [0.15, 0.2) is 28.1 Å². The lowest BCUT2D eigenvalue weighted by molar-refractivity contribution is 0.610. The van der Waals surface area contributed by atoms with Crippen LogP contribution in [-0.4, -0.2) is 6.54 Å². The zero-order valence-corrected chi connectivity index (χ0v) is 13.7. The molecule has 0 saturated heterocycles. The first-order valence-electron chi connectivity index (χ1n) is 6.28. The van der Waals surface area contributed by atoms with Gasteiger partial charge < -0.3 is 5.32 Å². The summed E-state index contributed by atoms with van der Waals surface area (Å²) in [5.74, 6) is -0.165. The lowest BCUT2D eigenvalue weighted by Gasteiger charge is -2.21. The van der Waals surface area contributed by atoms with Crippen LogP contribution in [-0.2, 0) is 0 Å². The summed E-state index contributed by atoms with van der Waals surface area (Å²) in [5, 5.41) is 3.50. The molecule has 0 fully saturated rings. The third kappa shape index (κ3) is 3.25. The maximum Gasteiger partial charge on any atom is 0.123 e. The van der Waals surface area contributed by atoms with Gasteiger partial charge in [0.15, 0.2) is 0 Å². The van der Waals surface area contributed by atoms with Crippen LogP contribution < -0.4 is 5.32 Å². The van der Waals surface area contributed by atoms with Gasteiger partial charge in [0.2, 0.25) is 0 Å². The smallest absolute Gasteiger partial charge is 0.123 e. The predicted octanol–water partition coefficient (Wildman–Crippen LogP) is 4.97. The van der Waals surface area contributed by atoms with E-state index >= 15 is 0 Å². The minimum Gasteiger partial charge on any atom is -0.306 e. The van der Waals surface area contributed by atoms with E-state index in [4.69, 9.17) is 0 Å². The van der Waals surface area contributed by atoms with Crippen LogP contribution in [0.4, 0.5) is 4.39 Å². The predicted molar refractivity (Wildman–Crippen MR) is 83.4 cm³/mol. The number of rotatable bonds is 4. The highest BCUT2D eigenvalue weighted by Crippen LogP contribution is 2.34. The fourth-order valence-corrected chi connectivity index (χ4v) is 3.92. The van der Waals surface area contributed by atoms with Gasteiger partial charge in [-0.1, -0.05) is 6.92 Å². The zero-order valence-electron chi connectivity index (χ0n) is 11.3. The number of halogens is 2. The Morgan fingerprint density at radius 1 is 1.26 bits per heavy atom. The van der Waals surface area contributed by atoms with E-state index in [1.54, 1.807) is 23.5 Å². The Morgan fingerprint density at radius 3 is 2.37 bits per heavy atom. The van der Waals surface area contributed by atoms with Crippen molar-refractivity contribution in [2.75, 3.05) is 6.54 Å². The first kappa shape index (κ1) is 14.7. The maximum atomic E-state index is 13.4. The second-order valence-corrected chi connectivity index (χ2v) is 7.08. The van der Waals surface area contributed by atoms with Crippen LogP contribution in [0.1, 0.15) is 34.5 Å². The molecule has 0 radical (unpaired) electrons. The normalized spacial score (nSPS) is 12.7. The van der Waals surface area contributed by atoms with E-state index in [0.717, 1.165) is 21.5 Å².